The third kappa shape index (κ3) is 6.06. The normalized spacial score (nSPS) is 13.4. The second-order valence-electron chi connectivity index (χ2n) is 5.31. The summed E-state index contributed by atoms with van der Waals surface area (Å²) in [7, 11) is 0. The number of hydrogen-bond donors (Lipinski definition) is 2. The lowest BCUT2D eigenvalue weighted by Crippen LogP contribution is -2.46. The molecule has 0 saturated carbocycles. The summed E-state index contributed by atoms with van der Waals surface area (Å²) in [6.45, 7) is 9.04. The molecule has 1 aromatic rings. The Bertz CT molecular complexity index is 340. The van der Waals surface area contributed by atoms with Gasteiger partial charge in [0, 0.05) is 24.0 Å². The summed E-state index contributed by atoms with van der Waals surface area (Å²) in [6.07, 6.45) is 3.66. The second-order valence-corrected chi connectivity index (χ2v) is 5.31. The van der Waals surface area contributed by atoms with Gasteiger partial charge in [-0.25, -0.2) is 0 Å². The molecule has 0 radical (unpaired) electrons. The largest absolute Gasteiger partial charge is 0.350 e. The topological polar surface area (TPSA) is 59.0 Å². The first-order valence-electron chi connectivity index (χ1n) is 5.88. The van der Waals surface area contributed by atoms with E-state index in [2.05, 4.69) is 15.7 Å². The van der Waals surface area contributed by atoms with Crippen molar-refractivity contribution in [3.05, 3.63) is 18.5 Å². The van der Waals surface area contributed by atoms with Crippen molar-refractivity contribution >= 4 is 5.91 Å². The first kappa shape index (κ1) is 13.7. The van der Waals surface area contributed by atoms with Crippen LogP contribution in [0.5, 0.6) is 0 Å². The number of nitrogens with zero attached hydrogens (tertiary/aromatic N) is 2. The molecule has 0 aromatic carbocycles. The summed E-state index contributed by atoms with van der Waals surface area (Å²) in [4.78, 5) is 11.6. The molecule has 96 valence electrons. The third-order valence-corrected chi connectivity index (χ3v) is 2.15. The maximum absolute atomic E-state index is 11.6. The minimum absolute atomic E-state index is 0.0183. The summed E-state index contributed by atoms with van der Waals surface area (Å²) < 4.78 is 1.85. The molecular weight excluding hydrogens is 216 g/mol. The van der Waals surface area contributed by atoms with E-state index in [-0.39, 0.29) is 17.5 Å². The molecule has 1 unspecified atom stereocenters. The molecule has 0 saturated heterocycles. The van der Waals surface area contributed by atoms with Gasteiger partial charge in [-0.05, 0) is 33.8 Å². The summed E-state index contributed by atoms with van der Waals surface area (Å²) in [6, 6.07) is 2.10. The predicted molar refractivity (Wildman–Crippen MR) is 67.6 cm³/mol. The van der Waals surface area contributed by atoms with Crippen LogP contribution in [0.2, 0.25) is 0 Å². The number of rotatable bonds is 5. The number of carbonyl (C=O) groups excluding carboxylic acids is 1. The zero-order chi connectivity index (χ0) is 12.9. The van der Waals surface area contributed by atoms with Gasteiger partial charge in [0.15, 0.2) is 0 Å². The smallest absolute Gasteiger partial charge is 0.234 e. The van der Waals surface area contributed by atoms with Crippen molar-refractivity contribution in [1.29, 1.82) is 0 Å². The summed E-state index contributed by atoms with van der Waals surface area (Å²) in [5.74, 6) is 0.0183. The molecule has 1 heterocycles. The molecule has 1 rings (SSSR count). The second kappa shape index (κ2) is 5.82. The van der Waals surface area contributed by atoms with Crippen LogP contribution in [0, 0.1) is 0 Å². The Morgan fingerprint density at radius 3 is 2.71 bits per heavy atom. The molecule has 1 atom stereocenters. The van der Waals surface area contributed by atoms with Gasteiger partial charge in [0.1, 0.15) is 0 Å². The molecule has 0 aliphatic rings. The summed E-state index contributed by atoms with van der Waals surface area (Å²) in [5, 5.41) is 10.2. The molecule has 0 spiro atoms. The molecular formula is C12H22N4O. The van der Waals surface area contributed by atoms with Crippen molar-refractivity contribution in [2.45, 2.75) is 45.8 Å². The van der Waals surface area contributed by atoms with E-state index in [4.69, 9.17) is 0 Å². The molecule has 5 nitrogen and oxygen atoms in total. The Balaban J connectivity index is 2.24. The van der Waals surface area contributed by atoms with Crippen LogP contribution >= 0.6 is 0 Å². The Kier molecular flexibility index (Phi) is 4.69. The van der Waals surface area contributed by atoms with Crippen LogP contribution in [0.1, 0.15) is 27.7 Å². The van der Waals surface area contributed by atoms with Gasteiger partial charge in [0.05, 0.1) is 13.1 Å². The van der Waals surface area contributed by atoms with E-state index in [0.29, 0.717) is 6.54 Å². The molecule has 1 amide bonds. The summed E-state index contributed by atoms with van der Waals surface area (Å²) in [5.41, 5.74) is -0.177. The number of carbonyl (C=O) groups is 1. The molecule has 17 heavy (non-hydrogen) atoms. The van der Waals surface area contributed by atoms with Gasteiger partial charge < -0.3 is 10.6 Å². The van der Waals surface area contributed by atoms with Crippen LogP contribution in [0.4, 0.5) is 0 Å². The van der Waals surface area contributed by atoms with Crippen LogP contribution in [0.15, 0.2) is 18.5 Å². The monoisotopic (exact) mass is 238 g/mol. The van der Waals surface area contributed by atoms with Gasteiger partial charge in [-0.1, -0.05) is 0 Å². The van der Waals surface area contributed by atoms with Crippen LogP contribution in [0.3, 0.4) is 0 Å². The summed E-state index contributed by atoms with van der Waals surface area (Å²) >= 11 is 0. The molecule has 2 N–H and O–H groups in total. The van der Waals surface area contributed by atoms with Crippen molar-refractivity contribution in [3.8, 4) is 0 Å². The quantitative estimate of drug-likeness (QED) is 0.797. The van der Waals surface area contributed by atoms with Gasteiger partial charge in [-0.2, -0.15) is 5.10 Å². The Morgan fingerprint density at radius 1 is 1.47 bits per heavy atom. The van der Waals surface area contributed by atoms with Gasteiger partial charge >= 0.3 is 0 Å². The minimum atomic E-state index is -0.177. The SMILES string of the molecule is CC(Cn1cccn1)NCC(=O)NC(C)(C)C. The first-order chi connectivity index (χ1) is 7.87. The van der Waals surface area contributed by atoms with Crippen LogP contribution in [-0.2, 0) is 11.3 Å². The van der Waals surface area contributed by atoms with Crippen LogP contribution in [-0.4, -0.2) is 33.8 Å². The van der Waals surface area contributed by atoms with Crippen molar-refractivity contribution in [3.63, 3.8) is 0 Å². The maximum Gasteiger partial charge on any atom is 0.234 e. The highest BCUT2D eigenvalue weighted by Gasteiger charge is 2.14. The Morgan fingerprint density at radius 2 is 2.18 bits per heavy atom. The standard InChI is InChI=1S/C12H22N4O/c1-10(9-16-7-5-6-14-16)13-8-11(17)15-12(2,3)4/h5-7,10,13H,8-9H2,1-4H3,(H,15,17). The molecule has 0 fully saturated rings. The number of amides is 1. The zero-order valence-corrected chi connectivity index (χ0v) is 11.0. The fourth-order valence-electron chi connectivity index (χ4n) is 1.48. The van der Waals surface area contributed by atoms with Crippen molar-refractivity contribution in [1.82, 2.24) is 20.4 Å². The number of nitrogens with one attached hydrogen (secondary N) is 2. The minimum Gasteiger partial charge on any atom is -0.350 e. The van der Waals surface area contributed by atoms with Crippen molar-refractivity contribution in [2.75, 3.05) is 6.54 Å². The van der Waals surface area contributed by atoms with E-state index >= 15 is 0 Å². The first-order valence-corrected chi connectivity index (χ1v) is 5.88. The van der Waals surface area contributed by atoms with Crippen LogP contribution < -0.4 is 10.6 Å². The third-order valence-electron chi connectivity index (χ3n) is 2.15. The van der Waals surface area contributed by atoms with Gasteiger partial charge in [-0.3, -0.25) is 9.48 Å². The molecule has 0 aliphatic heterocycles. The maximum atomic E-state index is 11.6. The van der Waals surface area contributed by atoms with E-state index in [0.717, 1.165) is 6.54 Å². The van der Waals surface area contributed by atoms with E-state index < -0.39 is 0 Å². The highest BCUT2D eigenvalue weighted by Crippen LogP contribution is 1.97. The van der Waals surface area contributed by atoms with Crippen molar-refractivity contribution < 1.29 is 4.79 Å². The Hall–Kier alpha value is -1.36. The predicted octanol–water partition coefficient (Wildman–Crippen LogP) is 0.776. The Labute approximate surface area is 103 Å². The van der Waals surface area contributed by atoms with E-state index in [9.17, 15) is 4.79 Å². The lowest BCUT2D eigenvalue weighted by atomic mass is 10.1. The van der Waals surface area contributed by atoms with Gasteiger partial charge in [0.2, 0.25) is 5.91 Å². The van der Waals surface area contributed by atoms with Gasteiger partial charge in [0.25, 0.3) is 0 Å². The van der Waals surface area contributed by atoms with Crippen molar-refractivity contribution in [2.24, 2.45) is 0 Å². The zero-order valence-electron chi connectivity index (χ0n) is 11.0. The number of aromatic nitrogens is 2. The lowest BCUT2D eigenvalue weighted by Gasteiger charge is -2.21. The molecule has 0 bridgehead atoms. The van der Waals surface area contributed by atoms with E-state index in [1.165, 1.54) is 0 Å². The average Bonchev–Trinajstić information content (AvgIpc) is 2.64. The van der Waals surface area contributed by atoms with E-state index in [1.807, 2.05) is 44.6 Å². The van der Waals surface area contributed by atoms with E-state index in [1.54, 1.807) is 6.20 Å². The molecule has 5 heteroatoms. The molecule has 0 aliphatic carbocycles. The lowest BCUT2D eigenvalue weighted by molar-refractivity contribution is -0.121. The fourth-order valence-corrected chi connectivity index (χ4v) is 1.48. The fraction of sp³-hybridized carbons (Fsp3) is 0.667. The van der Waals surface area contributed by atoms with Crippen LogP contribution in [0.25, 0.3) is 0 Å². The highest BCUT2D eigenvalue weighted by molar-refractivity contribution is 5.78. The number of hydrogen-bond acceptors (Lipinski definition) is 3. The average molecular weight is 238 g/mol. The van der Waals surface area contributed by atoms with Gasteiger partial charge in [-0.15, -0.1) is 0 Å². The molecule has 1 aromatic heterocycles. The highest BCUT2D eigenvalue weighted by atomic mass is 16.2.